The van der Waals surface area contributed by atoms with Crippen molar-refractivity contribution in [2.24, 2.45) is 34.5 Å². The first-order valence-corrected chi connectivity index (χ1v) is 12.7. The fourth-order valence-corrected chi connectivity index (χ4v) is 8.98. The first kappa shape index (κ1) is 21.9. The summed E-state index contributed by atoms with van der Waals surface area (Å²) in [6.07, 6.45) is 12.1. The number of carbonyl (C=O) groups is 1. The third-order valence-corrected chi connectivity index (χ3v) is 10.5. The number of esters is 1. The van der Waals surface area contributed by atoms with Gasteiger partial charge in [-0.25, -0.2) is 4.79 Å². The fraction of sp³-hybridized carbons (Fsp3) is 0.889. The van der Waals surface area contributed by atoms with Crippen molar-refractivity contribution in [1.82, 2.24) is 0 Å². The van der Waals surface area contributed by atoms with Gasteiger partial charge >= 0.3 is 5.97 Å². The van der Waals surface area contributed by atoms with E-state index in [2.05, 4.69) is 34.6 Å². The van der Waals surface area contributed by atoms with Crippen LogP contribution in [0.3, 0.4) is 0 Å². The zero-order valence-corrected chi connectivity index (χ0v) is 20.2. The van der Waals surface area contributed by atoms with E-state index in [1.54, 1.807) is 6.08 Å². The molecule has 0 bridgehead atoms. The minimum atomic E-state index is -0.611. The third kappa shape index (κ3) is 3.26. The van der Waals surface area contributed by atoms with E-state index in [0.717, 1.165) is 37.7 Å². The van der Waals surface area contributed by atoms with Gasteiger partial charge in [0.25, 0.3) is 0 Å². The number of cyclic esters (lactones) is 1. The fourth-order valence-electron chi connectivity index (χ4n) is 8.98. The van der Waals surface area contributed by atoms with Crippen LogP contribution >= 0.6 is 0 Å². The summed E-state index contributed by atoms with van der Waals surface area (Å²) in [5.74, 6) is 1.78. The quantitative estimate of drug-likeness (QED) is 0.594. The van der Waals surface area contributed by atoms with Crippen molar-refractivity contribution in [3.05, 3.63) is 11.6 Å². The second-order valence-electron chi connectivity index (χ2n) is 12.9. The van der Waals surface area contributed by atoms with Gasteiger partial charge < -0.3 is 14.6 Å². The molecule has 4 heteroatoms. The first-order chi connectivity index (χ1) is 14.5. The molecule has 174 valence electrons. The monoisotopic (exact) mass is 430 g/mol. The maximum Gasteiger partial charge on any atom is 0.331 e. The highest BCUT2D eigenvalue weighted by molar-refractivity contribution is 5.85. The summed E-state index contributed by atoms with van der Waals surface area (Å²) in [5.41, 5.74) is 0.628. The van der Waals surface area contributed by atoms with Crippen LogP contribution in [0.1, 0.15) is 92.4 Å². The second kappa shape index (κ2) is 7.06. The molecule has 0 aromatic heterocycles. The van der Waals surface area contributed by atoms with E-state index in [0.29, 0.717) is 35.9 Å². The Morgan fingerprint density at radius 3 is 2.48 bits per heavy atom. The topological polar surface area (TPSA) is 55.8 Å². The number of rotatable bonds is 2. The van der Waals surface area contributed by atoms with Crippen LogP contribution in [0.2, 0.25) is 0 Å². The number of hydrogen-bond donors (Lipinski definition) is 1. The molecule has 5 aliphatic rings. The SMILES string of the molecule is CC(C)(C)O[C@H]1CCC2(C)C3CCC4(C)[C@@H](C5=CC(=O)OC5)CC[C@]4(O)C3CC[C@@H]2C1. The molecule has 4 saturated carbocycles. The van der Waals surface area contributed by atoms with Crippen LogP contribution in [-0.2, 0) is 14.3 Å². The summed E-state index contributed by atoms with van der Waals surface area (Å²) in [6.45, 7) is 11.8. The summed E-state index contributed by atoms with van der Waals surface area (Å²) in [7, 11) is 0. The second-order valence-corrected chi connectivity index (χ2v) is 12.9. The van der Waals surface area contributed by atoms with Crippen molar-refractivity contribution in [3.63, 3.8) is 0 Å². The van der Waals surface area contributed by atoms with Gasteiger partial charge in [-0.2, -0.15) is 0 Å². The number of fused-ring (bicyclic) bond motifs is 5. The highest BCUT2D eigenvalue weighted by Crippen LogP contribution is 2.70. The summed E-state index contributed by atoms with van der Waals surface area (Å²) in [5, 5.41) is 12.3. The van der Waals surface area contributed by atoms with E-state index < -0.39 is 5.60 Å². The summed E-state index contributed by atoms with van der Waals surface area (Å²) in [6, 6.07) is 0. The molecule has 4 unspecified atom stereocenters. The van der Waals surface area contributed by atoms with Crippen molar-refractivity contribution in [2.75, 3.05) is 6.61 Å². The highest BCUT2D eigenvalue weighted by atomic mass is 16.5. The van der Waals surface area contributed by atoms with Crippen molar-refractivity contribution < 1.29 is 19.4 Å². The van der Waals surface area contributed by atoms with Crippen molar-refractivity contribution in [2.45, 2.75) is 110 Å². The van der Waals surface area contributed by atoms with Crippen molar-refractivity contribution in [3.8, 4) is 0 Å². The standard InChI is InChI=1S/C27H42O4/c1-24(2,3)31-19-8-11-25(4)18(15-19)6-7-22-21(25)9-12-26(5)20(10-13-27(22,26)29)17-14-23(28)30-16-17/h14,18-22,29H,6-13,15-16H2,1-5H3/t18-,19+,20-,21?,22?,25?,26?,27+/m1/s1. The minimum Gasteiger partial charge on any atom is -0.458 e. The third-order valence-electron chi connectivity index (χ3n) is 10.5. The summed E-state index contributed by atoms with van der Waals surface area (Å²) < 4.78 is 11.6. The van der Waals surface area contributed by atoms with Gasteiger partial charge in [0.1, 0.15) is 6.61 Å². The molecule has 5 rings (SSSR count). The molecule has 4 aliphatic carbocycles. The molecule has 4 fully saturated rings. The molecule has 0 spiro atoms. The lowest BCUT2D eigenvalue weighted by Gasteiger charge is -2.64. The molecule has 1 aliphatic heterocycles. The molecule has 0 saturated heterocycles. The van der Waals surface area contributed by atoms with E-state index >= 15 is 0 Å². The molecule has 31 heavy (non-hydrogen) atoms. The van der Waals surface area contributed by atoms with Gasteiger partial charge in [-0.15, -0.1) is 0 Å². The van der Waals surface area contributed by atoms with E-state index in [1.807, 2.05) is 0 Å². The normalized spacial score (nSPS) is 49.7. The molecule has 1 heterocycles. The lowest BCUT2D eigenvalue weighted by Crippen LogP contribution is -2.62. The average Bonchev–Trinajstić information content (AvgIpc) is 3.21. The number of ether oxygens (including phenoxy) is 2. The van der Waals surface area contributed by atoms with Crippen LogP contribution < -0.4 is 0 Å². The van der Waals surface area contributed by atoms with Gasteiger partial charge in [-0.05, 0) is 113 Å². The molecule has 4 nitrogen and oxygen atoms in total. The van der Waals surface area contributed by atoms with E-state index in [4.69, 9.17) is 9.47 Å². The van der Waals surface area contributed by atoms with Gasteiger partial charge in [0.2, 0.25) is 0 Å². The predicted molar refractivity (Wildman–Crippen MR) is 120 cm³/mol. The molecular formula is C27H42O4. The highest BCUT2D eigenvalue weighted by Gasteiger charge is 2.67. The lowest BCUT2D eigenvalue weighted by atomic mass is 9.43. The molecule has 8 atom stereocenters. The zero-order chi connectivity index (χ0) is 22.2. The Hall–Kier alpha value is -0.870. The smallest absolute Gasteiger partial charge is 0.331 e. The summed E-state index contributed by atoms with van der Waals surface area (Å²) in [4.78, 5) is 11.7. The average molecular weight is 431 g/mol. The van der Waals surface area contributed by atoms with Crippen LogP contribution in [0.25, 0.3) is 0 Å². The van der Waals surface area contributed by atoms with E-state index in [1.165, 1.54) is 25.7 Å². The maximum absolute atomic E-state index is 12.3. The largest absolute Gasteiger partial charge is 0.458 e. The molecule has 0 aromatic rings. The summed E-state index contributed by atoms with van der Waals surface area (Å²) >= 11 is 0. The first-order valence-electron chi connectivity index (χ1n) is 12.7. The van der Waals surface area contributed by atoms with Gasteiger partial charge in [0.15, 0.2) is 0 Å². The van der Waals surface area contributed by atoms with E-state index in [9.17, 15) is 9.90 Å². The minimum absolute atomic E-state index is 0.0731. The number of aliphatic hydroxyl groups is 1. The van der Waals surface area contributed by atoms with Crippen LogP contribution in [-0.4, -0.2) is 35.0 Å². The Balaban J connectivity index is 1.38. The van der Waals surface area contributed by atoms with Crippen LogP contribution in [0.15, 0.2) is 11.6 Å². The van der Waals surface area contributed by atoms with Crippen molar-refractivity contribution in [1.29, 1.82) is 0 Å². The molecule has 0 amide bonds. The van der Waals surface area contributed by atoms with Gasteiger partial charge in [-0.3, -0.25) is 0 Å². The van der Waals surface area contributed by atoms with Gasteiger partial charge in [-0.1, -0.05) is 13.8 Å². The van der Waals surface area contributed by atoms with Gasteiger partial charge in [0, 0.05) is 11.5 Å². The van der Waals surface area contributed by atoms with Crippen LogP contribution in [0.4, 0.5) is 0 Å². The zero-order valence-electron chi connectivity index (χ0n) is 20.2. The van der Waals surface area contributed by atoms with Gasteiger partial charge in [0.05, 0.1) is 17.3 Å². The Kier molecular flexibility index (Phi) is 5.00. The van der Waals surface area contributed by atoms with Crippen LogP contribution in [0.5, 0.6) is 0 Å². The Morgan fingerprint density at radius 1 is 1.03 bits per heavy atom. The molecular weight excluding hydrogens is 388 g/mol. The van der Waals surface area contributed by atoms with Crippen LogP contribution in [0, 0.1) is 34.5 Å². The molecule has 1 N–H and O–H groups in total. The van der Waals surface area contributed by atoms with Crippen molar-refractivity contribution >= 4 is 5.97 Å². The molecule has 0 radical (unpaired) electrons. The Morgan fingerprint density at radius 2 is 1.81 bits per heavy atom. The predicted octanol–water partition coefficient (Wildman–Crippen LogP) is 5.43. The van der Waals surface area contributed by atoms with E-state index in [-0.39, 0.29) is 22.9 Å². The number of carbonyl (C=O) groups excluding carboxylic acids is 1. The molecule has 0 aromatic carbocycles. The number of hydrogen-bond acceptors (Lipinski definition) is 4. The lowest BCUT2D eigenvalue weighted by molar-refractivity contribution is -0.213. The Bertz CT molecular complexity index is 781. The Labute approximate surface area is 188 Å². The maximum atomic E-state index is 12.3.